The van der Waals surface area contributed by atoms with Crippen molar-refractivity contribution in [3.63, 3.8) is 0 Å². The first kappa shape index (κ1) is 18.1. The summed E-state index contributed by atoms with van der Waals surface area (Å²) >= 11 is 0. The molecule has 0 aliphatic carbocycles. The molecule has 2 saturated heterocycles. The van der Waals surface area contributed by atoms with Crippen LogP contribution in [0.1, 0.15) is 41.8 Å². The number of nitrogens with zero attached hydrogens (tertiary/aromatic N) is 1. The normalized spacial score (nSPS) is 24.3. The Balaban J connectivity index is 1.48. The highest BCUT2D eigenvalue weighted by Gasteiger charge is 2.53. The summed E-state index contributed by atoms with van der Waals surface area (Å²) in [5.74, 6) is 1.31. The number of amides is 1. The highest BCUT2D eigenvalue weighted by atomic mass is 16.5. The summed E-state index contributed by atoms with van der Waals surface area (Å²) in [4.78, 5) is 15.0. The molecule has 2 aromatic rings. The topological polar surface area (TPSA) is 38.8 Å². The third-order valence-corrected chi connectivity index (χ3v) is 5.73. The fraction of sp³-hybridized carbons (Fsp3) is 0.435. The van der Waals surface area contributed by atoms with Gasteiger partial charge in [-0.05, 0) is 56.5 Å². The third-order valence-electron chi connectivity index (χ3n) is 5.73. The summed E-state index contributed by atoms with van der Waals surface area (Å²) in [5.41, 5.74) is 2.76. The standard InChI is InChI=1S/C23H27NO3/c1-16(2)27-21-10-9-18(13-17(21)3)22(25)24-12-11-23(20(14-24)15-26-23)19-7-5-4-6-8-19/h4-10,13,16,20H,11-12,14-15H2,1-3H3. The Morgan fingerprint density at radius 3 is 2.59 bits per heavy atom. The van der Waals surface area contributed by atoms with Crippen LogP contribution in [-0.2, 0) is 10.3 Å². The molecule has 0 aromatic heterocycles. The third kappa shape index (κ3) is 3.23. The van der Waals surface area contributed by atoms with Gasteiger partial charge in [-0.25, -0.2) is 0 Å². The van der Waals surface area contributed by atoms with Gasteiger partial charge in [0, 0.05) is 24.6 Å². The predicted molar refractivity (Wildman–Crippen MR) is 105 cm³/mol. The summed E-state index contributed by atoms with van der Waals surface area (Å²) in [6, 6.07) is 16.2. The molecule has 27 heavy (non-hydrogen) atoms. The Kier molecular flexibility index (Phi) is 4.68. The lowest BCUT2D eigenvalue weighted by Gasteiger charge is -2.55. The number of aryl methyl sites for hydroxylation is 1. The zero-order chi connectivity index (χ0) is 19.0. The molecule has 2 heterocycles. The van der Waals surface area contributed by atoms with Gasteiger partial charge in [0.25, 0.3) is 5.91 Å². The molecule has 4 nitrogen and oxygen atoms in total. The second-order valence-corrected chi connectivity index (χ2v) is 7.91. The predicted octanol–water partition coefficient (Wildman–Crippen LogP) is 4.17. The van der Waals surface area contributed by atoms with Gasteiger partial charge in [-0.2, -0.15) is 0 Å². The minimum atomic E-state index is -0.205. The molecule has 2 fully saturated rings. The van der Waals surface area contributed by atoms with E-state index in [9.17, 15) is 4.79 Å². The average molecular weight is 365 g/mol. The minimum absolute atomic E-state index is 0.0998. The second-order valence-electron chi connectivity index (χ2n) is 7.91. The number of ether oxygens (including phenoxy) is 2. The van der Waals surface area contributed by atoms with Gasteiger partial charge < -0.3 is 14.4 Å². The van der Waals surface area contributed by atoms with Crippen molar-refractivity contribution in [1.29, 1.82) is 0 Å². The highest BCUT2D eigenvalue weighted by molar-refractivity contribution is 5.94. The molecule has 4 heteroatoms. The van der Waals surface area contributed by atoms with Crippen molar-refractivity contribution in [3.8, 4) is 5.75 Å². The molecule has 0 spiro atoms. The van der Waals surface area contributed by atoms with Crippen LogP contribution in [0.2, 0.25) is 0 Å². The van der Waals surface area contributed by atoms with Crippen LogP contribution in [0.5, 0.6) is 5.75 Å². The van der Waals surface area contributed by atoms with Gasteiger partial charge in [0.2, 0.25) is 0 Å². The molecular weight excluding hydrogens is 338 g/mol. The van der Waals surface area contributed by atoms with Crippen molar-refractivity contribution in [2.45, 2.75) is 38.9 Å². The Bertz CT molecular complexity index is 833. The van der Waals surface area contributed by atoms with Gasteiger partial charge in [0.05, 0.1) is 12.7 Å². The molecule has 0 radical (unpaired) electrons. The molecule has 2 atom stereocenters. The van der Waals surface area contributed by atoms with Crippen LogP contribution < -0.4 is 4.74 Å². The van der Waals surface area contributed by atoms with Crippen LogP contribution >= 0.6 is 0 Å². The fourth-order valence-electron chi connectivity index (χ4n) is 4.26. The van der Waals surface area contributed by atoms with E-state index < -0.39 is 0 Å². The molecule has 0 saturated carbocycles. The van der Waals surface area contributed by atoms with Crippen molar-refractivity contribution in [2.24, 2.45) is 5.92 Å². The summed E-state index contributed by atoms with van der Waals surface area (Å²) in [6.45, 7) is 8.19. The maximum absolute atomic E-state index is 13.0. The van der Waals surface area contributed by atoms with E-state index in [1.165, 1.54) is 5.56 Å². The monoisotopic (exact) mass is 365 g/mol. The van der Waals surface area contributed by atoms with E-state index in [0.29, 0.717) is 12.5 Å². The number of likely N-dealkylation sites (tertiary alicyclic amines) is 1. The van der Waals surface area contributed by atoms with Gasteiger partial charge >= 0.3 is 0 Å². The number of rotatable bonds is 4. The molecular formula is C23H27NO3. The Labute approximate surface area is 161 Å². The summed E-state index contributed by atoms with van der Waals surface area (Å²) in [7, 11) is 0. The lowest BCUT2D eigenvalue weighted by atomic mass is 9.72. The first-order chi connectivity index (χ1) is 13.0. The van der Waals surface area contributed by atoms with Crippen molar-refractivity contribution in [1.82, 2.24) is 4.90 Å². The van der Waals surface area contributed by atoms with E-state index in [0.717, 1.165) is 36.4 Å². The lowest BCUT2D eigenvalue weighted by molar-refractivity contribution is -0.235. The second kappa shape index (κ2) is 7.01. The van der Waals surface area contributed by atoms with Gasteiger partial charge in [-0.15, -0.1) is 0 Å². The van der Waals surface area contributed by atoms with Gasteiger partial charge in [-0.1, -0.05) is 30.3 Å². The maximum Gasteiger partial charge on any atom is 0.253 e. The molecule has 1 amide bonds. The Morgan fingerprint density at radius 1 is 1.22 bits per heavy atom. The first-order valence-corrected chi connectivity index (χ1v) is 9.75. The molecule has 4 rings (SSSR count). The fourth-order valence-corrected chi connectivity index (χ4v) is 4.26. The van der Waals surface area contributed by atoms with Gasteiger partial charge in [0.15, 0.2) is 0 Å². The molecule has 2 aliphatic rings. The number of benzene rings is 2. The lowest BCUT2D eigenvalue weighted by Crippen LogP contribution is -2.61. The average Bonchev–Trinajstić information content (AvgIpc) is 2.64. The Morgan fingerprint density at radius 2 is 2.00 bits per heavy atom. The van der Waals surface area contributed by atoms with E-state index in [1.807, 2.05) is 49.9 Å². The van der Waals surface area contributed by atoms with Gasteiger partial charge in [0.1, 0.15) is 11.4 Å². The minimum Gasteiger partial charge on any atom is -0.491 e. The van der Waals surface area contributed by atoms with Crippen molar-refractivity contribution in [2.75, 3.05) is 19.7 Å². The van der Waals surface area contributed by atoms with Crippen molar-refractivity contribution < 1.29 is 14.3 Å². The maximum atomic E-state index is 13.0. The highest BCUT2D eigenvalue weighted by Crippen LogP contribution is 2.48. The molecule has 2 unspecified atom stereocenters. The summed E-state index contributed by atoms with van der Waals surface area (Å²) in [6.07, 6.45) is 0.970. The number of hydrogen-bond acceptors (Lipinski definition) is 3. The van der Waals surface area contributed by atoms with Crippen molar-refractivity contribution in [3.05, 3.63) is 65.2 Å². The van der Waals surface area contributed by atoms with Gasteiger partial charge in [-0.3, -0.25) is 4.79 Å². The van der Waals surface area contributed by atoms with E-state index in [-0.39, 0.29) is 17.6 Å². The van der Waals surface area contributed by atoms with Crippen LogP contribution in [0.25, 0.3) is 0 Å². The van der Waals surface area contributed by atoms with E-state index in [2.05, 4.69) is 24.3 Å². The zero-order valence-electron chi connectivity index (χ0n) is 16.3. The molecule has 2 aliphatic heterocycles. The SMILES string of the molecule is Cc1cc(C(=O)N2CCC3(c4ccccc4)OCC3C2)ccc1OC(C)C. The van der Waals surface area contributed by atoms with Crippen LogP contribution in [0, 0.1) is 12.8 Å². The molecule has 2 aromatic carbocycles. The molecule has 0 bridgehead atoms. The first-order valence-electron chi connectivity index (χ1n) is 9.75. The quantitative estimate of drug-likeness (QED) is 0.816. The van der Waals surface area contributed by atoms with Crippen molar-refractivity contribution >= 4 is 5.91 Å². The Hall–Kier alpha value is -2.33. The van der Waals surface area contributed by atoms with Crippen LogP contribution in [0.4, 0.5) is 0 Å². The molecule has 142 valence electrons. The number of fused-ring (bicyclic) bond motifs is 1. The summed E-state index contributed by atoms with van der Waals surface area (Å²) in [5, 5.41) is 0. The number of carbonyl (C=O) groups excluding carboxylic acids is 1. The largest absolute Gasteiger partial charge is 0.491 e. The van der Waals surface area contributed by atoms with E-state index >= 15 is 0 Å². The molecule has 0 N–H and O–H groups in total. The summed E-state index contributed by atoms with van der Waals surface area (Å²) < 4.78 is 11.8. The smallest absolute Gasteiger partial charge is 0.253 e. The number of carbonyl (C=O) groups is 1. The number of piperidine rings is 1. The van der Waals surface area contributed by atoms with E-state index in [4.69, 9.17) is 9.47 Å². The van der Waals surface area contributed by atoms with E-state index in [1.54, 1.807) is 0 Å². The number of hydrogen-bond donors (Lipinski definition) is 0. The van der Waals surface area contributed by atoms with Crippen LogP contribution in [-0.4, -0.2) is 36.6 Å². The van der Waals surface area contributed by atoms with Crippen LogP contribution in [0.3, 0.4) is 0 Å². The van der Waals surface area contributed by atoms with Crippen LogP contribution in [0.15, 0.2) is 48.5 Å². The zero-order valence-corrected chi connectivity index (χ0v) is 16.3.